The third kappa shape index (κ3) is 5.27. The molecule has 50 heavy (non-hydrogen) atoms. The number of aromatic nitrogens is 2. The minimum absolute atomic E-state index is 0.0634. The van der Waals surface area contributed by atoms with Crippen LogP contribution < -0.4 is 22.2 Å². The van der Waals surface area contributed by atoms with E-state index in [-0.39, 0.29) is 45.7 Å². The van der Waals surface area contributed by atoms with Crippen molar-refractivity contribution in [2.75, 3.05) is 14.1 Å². The molecule has 0 atom stereocenters. The summed E-state index contributed by atoms with van der Waals surface area (Å²) in [6.07, 6.45) is 0. The average molecular weight is 683 g/mol. The van der Waals surface area contributed by atoms with E-state index in [2.05, 4.69) is 0 Å². The van der Waals surface area contributed by atoms with Crippen molar-refractivity contribution in [3.8, 4) is 11.1 Å². The van der Waals surface area contributed by atoms with Crippen molar-refractivity contribution >= 4 is 45.2 Å². The van der Waals surface area contributed by atoms with Crippen molar-refractivity contribution in [3.63, 3.8) is 0 Å². The third-order valence-corrected chi connectivity index (χ3v) is 7.90. The van der Waals surface area contributed by atoms with Gasteiger partial charge in [-0.3, -0.25) is 57.3 Å². The molecule has 0 bridgehead atoms. The number of fused-ring (bicyclic) bond motifs is 4. The summed E-state index contributed by atoms with van der Waals surface area (Å²) in [4.78, 5) is 98.6. The minimum atomic E-state index is -0.869. The van der Waals surface area contributed by atoms with E-state index in [4.69, 9.17) is 16.4 Å². The van der Waals surface area contributed by atoms with Crippen molar-refractivity contribution in [1.29, 1.82) is 0 Å². The number of hydrogen-bond acceptors (Lipinski definition) is 8. The molecule has 0 saturated heterocycles. The second kappa shape index (κ2) is 12.2. The number of carbonyl (C=O) groups excluding carboxylic acids is 4. The molecule has 0 N–H and O–H groups in total. The van der Waals surface area contributed by atoms with Crippen molar-refractivity contribution in [2.45, 2.75) is 13.8 Å². The zero-order valence-corrected chi connectivity index (χ0v) is 27.1. The van der Waals surface area contributed by atoms with Crippen LogP contribution in [0.4, 0.5) is 0 Å². The molecular weight excluding hydrogens is 640 g/mol. The van der Waals surface area contributed by atoms with Gasteiger partial charge in [0.2, 0.25) is 0 Å². The minimum Gasteiger partial charge on any atom is -0.277 e. The van der Waals surface area contributed by atoms with Gasteiger partial charge in [0, 0.05) is 28.2 Å². The Balaban J connectivity index is 0.000000172. The van der Waals surface area contributed by atoms with Gasteiger partial charge in [0.25, 0.3) is 45.9 Å². The number of hydrogen-bond donors (Lipinski definition) is 0. The first-order valence-electron chi connectivity index (χ1n) is 20.5. The number of benzene rings is 4. The maximum Gasteiger partial charge on any atom is 0.261 e. The van der Waals surface area contributed by atoms with Gasteiger partial charge in [-0.05, 0) is 61.2 Å². The summed E-state index contributed by atoms with van der Waals surface area (Å²) in [5, 5.41) is -1.12. The summed E-state index contributed by atoms with van der Waals surface area (Å²) in [6.45, 7) is 3.19. The molecule has 0 fully saturated rings. The molecule has 12 heteroatoms. The van der Waals surface area contributed by atoms with E-state index in [9.17, 15) is 38.4 Å². The smallest absolute Gasteiger partial charge is 0.261 e. The summed E-state index contributed by atoms with van der Waals surface area (Å²) >= 11 is 0. The summed E-state index contributed by atoms with van der Waals surface area (Å²) in [6, 6.07) is -4.69. The van der Waals surface area contributed by atoms with Crippen molar-refractivity contribution in [1.82, 2.24) is 18.9 Å². The predicted molar refractivity (Wildman–Crippen MR) is 187 cm³/mol. The molecule has 2 aliphatic heterocycles. The first-order chi connectivity index (χ1) is 28.7. The number of nitrogens with zero attached hydrogens (tertiary/aromatic N) is 4. The molecule has 2 aromatic heterocycles. The van der Waals surface area contributed by atoms with Crippen molar-refractivity contribution in [2.24, 2.45) is 14.1 Å². The molecule has 0 spiro atoms. The van der Waals surface area contributed by atoms with Crippen LogP contribution in [0, 0.1) is 13.8 Å². The standard InChI is InChI=1S/C18H12N2O4.C12H8N2O4.C8H10/c1-19-15(21)11-5-3-9(7-13(11)17(19)23)10-4-6-12-14(8-10)18(24)20(2)16(12)22;1-13-9(15)5-3-7-8(4-6(5)10(13)16)12(18)14(2)11(7)17;1-7-3-5-8(2)6-4-7/h3-8H,1-2H3;3-4H,1-2H3;3-6H,1-2H3/i3D,4D,5D,6D,7D,8D;3D,4D;3D,4D,5D,6D. The highest BCUT2D eigenvalue weighted by atomic mass is 16.2. The normalized spacial score (nSPS) is 16.8. The molecular formula is C38H30N4O8. The lowest BCUT2D eigenvalue weighted by molar-refractivity contribution is 0.0677. The van der Waals surface area contributed by atoms with Crippen LogP contribution >= 0.6 is 0 Å². The summed E-state index contributed by atoms with van der Waals surface area (Å²) in [7, 11) is 4.78. The van der Waals surface area contributed by atoms with E-state index < -0.39 is 128 Å². The SMILES string of the molecule is [2H]c1c([2H])c(-c2c([2H])c([2H])c3c(c2[2H])C(=O)N(C)C3=O)c([2H])c2c1C(=O)N(C)C2=O.[2H]c1c([2H])c(C)c([2H])c([2H])c1C.[2H]c1c2c(=O)n(C)c(=O)c2c([2H])c2c(=O)n(C)c(=O)c12. The number of amides is 4. The van der Waals surface area contributed by atoms with Gasteiger partial charge in [-0.1, -0.05) is 47.4 Å². The fourth-order valence-electron chi connectivity index (χ4n) is 4.99. The molecule has 0 saturated carbocycles. The van der Waals surface area contributed by atoms with Crippen LogP contribution in [-0.4, -0.2) is 56.7 Å². The lowest BCUT2D eigenvalue weighted by atomic mass is 9.97. The van der Waals surface area contributed by atoms with Crippen molar-refractivity contribution in [3.05, 3.63) is 147 Å². The lowest BCUT2D eigenvalue weighted by Crippen LogP contribution is -2.24. The van der Waals surface area contributed by atoms with E-state index in [1.807, 2.05) is 0 Å². The Hall–Kier alpha value is -6.56. The van der Waals surface area contributed by atoms with E-state index in [0.29, 0.717) is 20.9 Å². The predicted octanol–water partition coefficient (Wildman–Crippen LogP) is 3.10. The lowest BCUT2D eigenvalue weighted by Gasteiger charge is -2.05. The van der Waals surface area contributed by atoms with Crippen LogP contribution in [0.25, 0.3) is 32.7 Å². The zero-order chi connectivity index (χ0) is 46.8. The van der Waals surface area contributed by atoms with Crippen LogP contribution in [-0.2, 0) is 14.1 Å². The maximum absolute atomic E-state index is 12.4. The van der Waals surface area contributed by atoms with Gasteiger partial charge in [-0.15, -0.1) is 0 Å². The molecule has 4 aromatic carbocycles. The Morgan fingerprint density at radius 3 is 0.980 bits per heavy atom. The van der Waals surface area contributed by atoms with E-state index in [0.717, 1.165) is 23.2 Å². The monoisotopic (exact) mass is 682 g/mol. The topological polar surface area (TPSA) is 153 Å². The van der Waals surface area contributed by atoms with Gasteiger partial charge >= 0.3 is 0 Å². The fourth-order valence-corrected chi connectivity index (χ4v) is 4.99. The molecule has 0 aliphatic carbocycles. The average Bonchev–Trinajstić information content (AvgIpc) is 3.80. The van der Waals surface area contributed by atoms with E-state index >= 15 is 0 Å². The van der Waals surface area contributed by atoms with E-state index in [1.165, 1.54) is 14.1 Å². The van der Waals surface area contributed by atoms with Gasteiger partial charge in [-0.25, -0.2) is 0 Å². The quantitative estimate of drug-likeness (QED) is 0.240. The first kappa shape index (κ1) is 21.4. The molecule has 0 radical (unpaired) electrons. The molecule has 0 unspecified atom stereocenters. The van der Waals surface area contributed by atoms with Crippen LogP contribution in [0.15, 0.2) is 91.7 Å². The van der Waals surface area contributed by atoms with Crippen LogP contribution in [0.1, 0.15) is 69.0 Å². The Labute approximate surface area is 300 Å². The summed E-state index contributed by atoms with van der Waals surface area (Å²) in [5.41, 5.74) is -4.81. The Bertz CT molecular complexity index is 3000. The maximum atomic E-state index is 12.4. The van der Waals surface area contributed by atoms with E-state index in [1.54, 1.807) is 13.8 Å². The van der Waals surface area contributed by atoms with Crippen LogP contribution in [0.3, 0.4) is 0 Å². The highest BCUT2D eigenvalue weighted by Gasteiger charge is 2.34. The first-order valence-corrected chi connectivity index (χ1v) is 14.5. The Kier molecular flexibility index (Phi) is 5.21. The van der Waals surface area contributed by atoms with Crippen LogP contribution in [0.2, 0.25) is 0 Å². The second-order valence-corrected chi connectivity index (χ2v) is 11.2. The molecule has 6 aromatic rings. The highest BCUT2D eigenvalue weighted by molar-refractivity contribution is 6.22. The number of carbonyl (C=O) groups is 4. The van der Waals surface area contributed by atoms with Gasteiger partial charge in [0.1, 0.15) is 0 Å². The van der Waals surface area contributed by atoms with Gasteiger partial charge < -0.3 is 0 Å². The molecule has 4 amide bonds. The number of rotatable bonds is 1. The highest BCUT2D eigenvalue weighted by Crippen LogP contribution is 2.31. The Morgan fingerprint density at radius 1 is 0.400 bits per heavy atom. The van der Waals surface area contributed by atoms with Gasteiger partial charge in [-0.2, -0.15) is 0 Å². The second-order valence-electron chi connectivity index (χ2n) is 11.2. The van der Waals surface area contributed by atoms with Gasteiger partial charge in [0.15, 0.2) is 0 Å². The van der Waals surface area contributed by atoms with Gasteiger partial charge in [0.05, 0.1) is 60.2 Å². The third-order valence-electron chi connectivity index (χ3n) is 7.90. The molecule has 4 heterocycles. The molecule has 12 nitrogen and oxygen atoms in total. The largest absolute Gasteiger partial charge is 0.277 e. The zero-order valence-electron chi connectivity index (χ0n) is 39.1. The summed E-state index contributed by atoms with van der Waals surface area (Å²) < 4.78 is 96.8. The number of imide groups is 2. The van der Waals surface area contributed by atoms with Crippen molar-refractivity contribution < 1.29 is 35.6 Å². The van der Waals surface area contributed by atoms with Crippen LogP contribution in [0.5, 0.6) is 0 Å². The molecule has 8 rings (SSSR count). The molecule has 250 valence electrons. The Morgan fingerprint density at radius 2 is 0.680 bits per heavy atom. The molecule has 2 aliphatic rings. The fraction of sp³-hybridized carbons (Fsp3) is 0.158. The summed E-state index contributed by atoms with van der Waals surface area (Å²) in [5.74, 6) is -3.43.